The number of hydrogen-bond acceptors (Lipinski definition) is 1. The highest BCUT2D eigenvalue weighted by Gasteiger charge is 2.47. The van der Waals surface area contributed by atoms with Gasteiger partial charge < -0.3 is 4.74 Å². The fourth-order valence-corrected chi connectivity index (χ4v) is 8.46. The third kappa shape index (κ3) is 4.20. The van der Waals surface area contributed by atoms with Gasteiger partial charge in [-0.2, -0.15) is 0 Å². The molecule has 0 N–H and O–H groups in total. The number of rotatable bonds is 4. The predicted molar refractivity (Wildman–Crippen MR) is 208 cm³/mol. The molecule has 0 saturated carbocycles. The first-order valence-corrected chi connectivity index (χ1v) is 17.3. The fraction of sp³-hybridized carbons (Fsp3) is 0.0204. The molecule has 1 heteroatoms. The molecule has 0 amide bonds. The second-order valence-corrected chi connectivity index (χ2v) is 13.2. The fourth-order valence-electron chi connectivity index (χ4n) is 8.46. The second kappa shape index (κ2) is 11.3. The van der Waals surface area contributed by atoms with Gasteiger partial charge >= 0.3 is 0 Å². The van der Waals surface area contributed by atoms with Crippen LogP contribution in [0.2, 0.25) is 0 Å². The number of benzene rings is 9. The third-order valence-electron chi connectivity index (χ3n) is 10.6. The van der Waals surface area contributed by atoms with Crippen molar-refractivity contribution < 1.29 is 4.74 Å². The van der Waals surface area contributed by atoms with E-state index < -0.39 is 5.41 Å². The van der Waals surface area contributed by atoms with Gasteiger partial charge in [0, 0.05) is 11.1 Å². The minimum Gasteiger partial charge on any atom is -0.457 e. The molecule has 0 fully saturated rings. The molecule has 0 radical (unpaired) electrons. The Morgan fingerprint density at radius 3 is 1.36 bits per heavy atom. The van der Waals surface area contributed by atoms with Gasteiger partial charge in [-0.25, -0.2) is 0 Å². The topological polar surface area (TPSA) is 9.23 Å². The van der Waals surface area contributed by atoms with Gasteiger partial charge in [0.1, 0.15) is 11.5 Å². The molecule has 1 nitrogen and oxygen atoms in total. The van der Waals surface area contributed by atoms with Crippen molar-refractivity contribution in [1.29, 1.82) is 0 Å². The van der Waals surface area contributed by atoms with Gasteiger partial charge in [-0.3, -0.25) is 0 Å². The van der Waals surface area contributed by atoms with E-state index in [0.717, 1.165) is 11.5 Å². The Bertz CT molecular complexity index is 2620. The first-order chi connectivity index (χ1) is 24.8. The van der Waals surface area contributed by atoms with E-state index in [1.54, 1.807) is 0 Å². The minimum atomic E-state index is -0.654. The predicted octanol–water partition coefficient (Wildman–Crippen LogP) is 13.0. The van der Waals surface area contributed by atoms with Crippen molar-refractivity contribution in [2.45, 2.75) is 5.41 Å². The summed E-state index contributed by atoms with van der Waals surface area (Å²) in [6.07, 6.45) is 0. The van der Waals surface area contributed by atoms with E-state index in [0.29, 0.717) is 0 Å². The van der Waals surface area contributed by atoms with Crippen LogP contribution in [0.4, 0.5) is 0 Å². The number of hydrogen-bond donors (Lipinski definition) is 0. The van der Waals surface area contributed by atoms with Gasteiger partial charge in [0.25, 0.3) is 0 Å². The lowest BCUT2D eigenvalue weighted by Gasteiger charge is -2.43. The van der Waals surface area contributed by atoms with Crippen molar-refractivity contribution in [1.82, 2.24) is 0 Å². The van der Waals surface area contributed by atoms with E-state index in [9.17, 15) is 0 Å². The zero-order valence-electron chi connectivity index (χ0n) is 27.4. The van der Waals surface area contributed by atoms with Gasteiger partial charge in [0.15, 0.2) is 0 Å². The van der Waals surface area contributed by atoms with Crippen LogP contribution in [0.5, 0.6) is 11.5 Å². The molecule has 0 atom stereocenters. The molecule has 0 aromatic heterocycles. The lowest BCUT2D eigenvalue weighted by molar-refractivity contribution is 0.439. The first-order valence-electron chi connectivity index (χ1n) is 17.3. The lowest BCUT2D eigenvalue weighted by Crippen LogP contribution is -2.34. The smallest absolute Gasteiger partial charge is 0.132 e. The maximum Gasteiger partial charge on any atom is 0.132 e. The van der Waals surface area contributed by atoms with Crippen molar-refractivity contribution in [3.8, 4) is 33.8 Å². The maximum absolute atomic E-state index is 6.89. The zero-order valence-corrected chi connectivity index (χ0v) is 27.4. The van der Waals surface area contributed by atoms with Gasteiger partial charge in [-0.1, -0.05) is 182 Å². The Kier molecular flexibility index (Phi) is 6.47. The molecule has 9 aromatic carbocycles. The van der Waals surface area contributed by atoms with Crippen LogP contribution >= 0.6 is 0 Å². The Hall–Kier alpha value is -6.44. The normalized spacial score (nSPS) is 13.1. The molecule has 1 aliphatic rings. The van der Waals surface area contributed by atoms with E-state index >= 15 is 0 Å². The highest BCUT2D eigenvalue weighted by molar-refractivity contribution is 6.06. The van der Waals surface area contributed by atoms with Gasteiger partial charge in [-0.15, -0.1) is 0 Å². The van der Waals surface area contributed by atoms with Crippen LogP contribution in [0.3, 0.4) is 0 Å². The van der Waals surface area contributed by atoms with Crippen LogP contribution in [0.15, 0.2) is 194 Å². The quantitative estimate of drug-likeness (QED) is 0.187. The van der Waals surface area contributed by atoms with Crippen molar-refractivity contribution >= 4 is 32.3 Å². The standard InChI is InChI=1S/C49H32O/c1-3-13-33(14-4-1)40-23-11-17-37-18-12-24-41(46(37)40)36-25-29-39(30-26-36)49(38-19-5-2-6-20-38)47-42-21-9-7-15-34(42)27-31-44(47)50-45-32-28-35-16-8-10-22-43(35)48(45)49/h1-32H. The zero-order chi connectivity index (χ0) is 33.1. The van der Waals surface area contributed by atoms with Crippen molar-refractivity contribution in [2.75, 3.05) is 0 Å². The molecule has 0 aliphatic carbocycles. The lowest BCUT2D eigenvalue weighted by atomic mass is 9.61. The molecular formula is C49H32O. The van der Waals surface area contributed by atoms with Crippen molar-refractivity contribution in [3.63, 3.8) is 0 Å². The highest BCUT2D eigenvalue weighted by Crippen LogP contribution is 2.59. The third-order valence-corrected chi connectivity index (χ3v) is 10.6. The molecule has 0 bridgehead atoms. The molecule has 10 rings (SSSR count). The Balaban J connectivity index is 1.29. The summed E-state index contributed by atoms with van der Waals surface area (Å²) in [4.78, 5) is 0. The Labute approximate surface area is 291 Å². The average Bonchev–Trinajstić information content (AvgIpc) is 3.20. The van der Waals surface area contributed by atoms with Crippen LogP contribution in [0, 0.1) is 0 Å². The highest BCUT2D eigenvalue weighted by atomic mass is 16.5. The van der Waals surface area contributed by atoms with Crippen LogP contribution < -0.4 is 4.74 Å². The van der Waals surface area contributed by atoms with Crippen LogP contribution in [-0.2, 0) is 5.41 Å². The molecule has 9 aromatic rings. The minimum absolute atomic E-state index is 0.654. The molecule has 1 heterocycles. The van der Waals surface area contributed by atoms with E-state index in [1.165, 1.54) is 76.8 Å². The van der Waals surface area contributed by atoms with Crippen LogP contribution in [0.1, 0.15) is 22.3 Å². The molecule has 50 heavy (non-hydrogen) atoms. The van der Waals surface area contributed by atoms with Crippen molar-refractivity contribution in [3.05, 3.63) is 216 Å². The largest absolute Gasteiger partial charge is 0.457 e. The van der Waals surface area contributed by atoms with E-state index in [2.05, 4.69) is 194 Å². The SMILES string of the molecule is c1ccc(-c2cccc3cccc(-c4ccc(C5(c6ccccc6)c6c(ccc7ccccc67)Oc6ccc7ccccc7c65)cc4)c23)cc1. The second-order valence-electron chi connectivity index (χ2n) is 13.2. The monoisotopic (exact) mass is 636 g/mol. The van der Waals surface area contributed by atoms with Gasteiger partial charge in [0.05, 0.1) is 5.41 Å². The van der Waals surface area contributed by atoms with Crippen LogP contribution in [-0.4, -0.2) is 0 Å². The summed E-state index contributed by atoms with van der Waals surface area (Å²) >= 11 is 0. The van der Waals surface area contributed by atoms with Gasteiger partial charge in [-0.05, 0) is 77.8 Å². The van der Waals surface area contributed by atoms with E-state index in [4.69, 9.17) is 4.74 Å². The van der Waals surface area contributed by atoms with Crippen molar-refractivity contribution in [2.24, 2.45) is 0 Å². The molecule has 1 aliphatic heterocycles. The van der Waals surface area contributed by atoms with Crippen LogP contribution in [0.25, 0.3) is 54.6 Å². The number of fused-ring (bicyclic) bond motifs is 7. The summed E-state index contributed by atoms with van der Waals surface area (Å²) in [5.74, 6) is 1.78. The summed E-state index contributed by atoms with van der Waals surface area (Å²) in [5, 5.41) is 7.28. The summed E-state index contributed by atoms with van der Waals surface area (Å²) in [7, 11) is 0. The first kappa shape index (κ1) is 28.6. The molecule has 0 saturated heterocycles. The Morgan fingerprint density at radius 2 is 0.780 bits per heavy atom. The molecule has 0 unspecified atom stereocenters. The Morgan fingerprint density at radius 1 is 0.320 bits per heavy atom. The number of ether oxygens (including phenoxy) is 1. The van der Waals surface area contributed by atoms with E-state index in [-0.39, 0.29) is 0 Å². The summed E-state index contributed by atoms with van der Waals surface area (Å²) in [6.45, 7) is 0. The van der Waals surface area contributed by atoms with E-state index in [1.807, 2.05) is 0 Å². The molecular weight excluding hydrogens is 605 g/mol. The average molecular weight is 637 g/mol. The molecule has 234 valence electrons. The summed E-state index contributed by atoms with van der Waals surface area (Å²) in [5.41, 5.74) is 8.99. The summed E-state index contributed by atoms with van der Waals surface area (Å²) in [6, 6.07) is 70.5. The maximum atomic E-state index is 6.89. The molecule has 0 spiro atoms. The summed E-state index contributed by atoms with van der Waals surface area (Å²) < 4.78 is 6.89. The van der Waals surface area contributed by atoms with Gasteiger partial charge in [0.2, 0.25) is 0 Å².